The maximum Gasteiger partial charge on any atom is 0.198 e. The van der Waals surface area contributed by atoms with E-state index < -0.39 is 88.8 Å². The van der Waals surface area contributed by atoms with Crippen LogP contribution in [0.3, 0.4) is 0 Å². The lowest BCUT2D eigenvalue weighted by atomic mass is 9.71. The zero-order valence-corrected chi connectivity index (χ0v) is 20.0. The van der Waals surface area contributed by atoms with Gasteiger partial charge in [0.2, 0.25) is 0 Å². The molecule has 0 aromatic heterocycles. The molecule has 0 spiro atoms. The second-order valence-electron chi connectivity index (χ2n) is 9.82. The topological polar surface area (TPSA) is 177 Å². The van der Waals surface area contributed by atoms with E-state index in [0.29, 0.717) is 0 Å². The number of fused-ring (bicyclic) bond motifs is 3. The SMILES string of the molecule is CC(=O)[C@]1(O)Cc2c(O)c3c(c(O)c2[C@@H](O[C@H]2C[C@H](N)[C@H](O)[C@H](C)O2)[C@@H]1F)C(=O)c1ccccc1C3=O. The Labute approximate surface area is 210 Å². The van der Waals surface area contributed by atoms with E-state index in [2.05, 4.69) is 0 Å². The molecule has 11 heteroatoms. The predicted octanol–water partition coefficient (Wildman–Crippen LogP) is 0.968. The monoisotopic (exact) mass is 515 g/mol. The fourth-order valence-corrected chi connectivity index (χ4v) is 5.42. The van der Waals surface area contributed by atoms with Crippen molar-refractivity contribution >= 4 is 17.3 Å². The molecule has 10 nitrogen and oxygen atoms in total. The average molecular weight is 515 g/mol. The summed E-state index contributed by atoms with van der Waals surface area (Å²) in [7, 11) is 0. The number of phenols is 2. The van der Waals surface area contributed by atoms with E-state index in [1.807, 2.05) is 0 Å². The lowest BCUT2D eigenvalue weighted by Gasteiger charge is -2.43. The number of aliphatic hydroxyl groups is 2. The number of alkyl halides is 1. The number of hydrogen-bond acceptors (Lipinski definition) is 10. The van der Waals surface area contributed by atoms with Crippen LogP contribution in [0, 0.1) is 0 Å². The molecule has 6 N–H and O–H groups in total. The summed E-state index contributed by atoms with van der Waals surface area (Å²) in [5, 5.41) is 43.6. The van der Waals surface area contributed by atoms with Gasteiger partial charge in [-0.05, 0) is 13.8 Å². The van der Waals surface area contributed by atoms with E-state index in [-0.39, 0.29) is 28.7 Å². The third-order valence-corrected chi connectivity index (χ3v) is 7.57. The van der Waals surface area contributed by atoms with Gasteiger partial charge in [-0.25, -0.2) is 4.39 Å². The maximum absolute atomic E-state index is 15.9. The highest BCUT2D eigenvalue weighted by atomic mass is 19.1. The number of rotatable bonds is 3. The molecule has 37 heavy (non-hydrogen) atoms. The van der Waals surface area contributed by atoms with Gasteiger partial charge in [0.1, 0.15) is 17.6 Å². The van der Waals surface area contributed by atoms with E-state index in [1.54, 1.807) is 0 Å². The Bertz CT molecular complexity index is 1330. The number of halogens is 1. The van der Waals surface area contributed by atoms with Crippen molar-refractivity contribution in [3.63, 3.8) is 0 Å². The van der Waals surface area contributed by atoms with Crippen molar-refractivity contribution in [1.29, 1.82) is 0 Å². The number of aliphatic hydroxyl groups excluding tert-OH is 1. The number of hydrogen-bond donors (Lipinski definition) is 5. The molecule has 0 amide bonds. The number of ketones is 3. The highest BCUT2D eigenvalue weighted by Crippen LogP contribution is 2.52. The molecule has 7 atom stereocenters. The quantitative estimate of drug-likeness (QED) is 0.316. The van der Waals surface area contributed by atoms with Gasteiger partial charge in [0.25, 0.3) is 0 Å². The van der Waals surface area contributed by atoms with Crippen LogP contribution >= 0.6 is 0 Å². The van der Waals surface area contributed by atoms with Crippen molar-refractivity contribution in [3.8, 4) is 11.5 Å². The lowest BCUT2D eigenvalue weighted by molar-refractivity contribution is -0.258. The molecule has 196 valence electrons. The summed E-state index contributed by atoms with van der Waals surface area (Å²) in [6.45, 7) is 2.48. The summed E-state index contributed by atoms with van der Waals surface area (Å²) < 4.78 is 27.3. The predicted molar refractivity (Wildman–Crippen MR) is 124 cm³/mol. The number of carbonyl (C=O) groups excluding carboxylic acids is 3. The number of phenolic OH excluding ortho intramolecular Hbond substituents is 2. The summed E-state index contributed by atoms with van der Waals surface area (Å²) >= 11 is 0. The number of Topliss-reactive ketones (excluding diaryl/α,β-unsaturated/α-hetero) is 1. The summed E-state index contributed by atoms with van der Waals surface area (Å²) in [6, 6.07) is 5.04. The Kier molecular flexibility index (Phi) is 5.96. The molecule has 1 fully saturated rings. The van der Waals surface area contributed by atoms with Crippen molar-refractivity contribution in [1.82, 2.24) is 0 Å². The van der Waals surface area contributed by atoms with Crippen LogP contribution in [0.2, 0.25) is 0 Å². The number of aromatic hydroxyl groups is 2. The fourth-order valence-electron chi connectivity index (χ4n) is 5.42. The van der Waals surface area contributed by atoms with Crippen LogP contribution in [0.5, 0.6) is 11.5 Å². The van der Waals surface area contributed by atoms with E-state index in [1.165, 1.54) is 31.2 Å². The Morgan fingerprint density at radius 2 is 1.70 bits per heavy atom. The first-order chi connectivity index (χ1) is 17.4. The van der Waals surface area contributed by atoms with E-state index in [4.69, 9.17) is 15.2 Å². The number of benzene rings is 2. The van der Waals surface area contributed by atoms with Gasteiger partial charge in [-0.3, -0.25) is 14.4 Å². The molecule has 1 aliphatic heterocycles. The Hall–Kier alpha value is -3.22. The third-order valence-electron chi connectivity index (χ3n) is 7.57. The van der Waals surface area contributed by atoms with Crippen LogP contribution < -0.4 is 5.73 Å². The summed E-state index contributed by atoms with van der Waals surface area (Å²) in [5.41, 5.74) is 1.53. The molecular weight excluding hydrogens is 489 g/mol. The minimum atomic E-state index is -2.68. The molecule has 0 bridgehead atoms. The second-order valence-corrected chi connectivity index (χ2v) is 9.82. The van der Waals surface area contributed by atoms with Crippen molar-refractivity contribution in [2.24, 2.45) is 5.73 Å². The van der Waals surface area contributed by atoms with Gasteiger partial charge in [-0.2, -0.15) is 0 Å². The molecule has 2 aromatic rings. The summed E-state index contributed by atoms with van der Waals surface area (Å²) in [6.07, 6.45) is -8.28. The Morgan fingerprint density at radius 1 is 1.14 bits per heavy atom. The van der Waals surface area contributed by atoms with Crippen LogP contribution in [-0.4, -0.2) is 74.1 Å². The summed E-state index contributed by atoms with van der Waals surface area (Å²) in [4.78, 5) is 39.0. The molecule has 1 saturated heterocycles. The van der Waals surface area contributed by atoms with Crippen molar-refractivity contribution < 1.29 is 48.7 Å². The smallest absolute Gasteiger partial charge is 0.198 e. The van der Waals surface area contributed by atoms with Gasteiger partial charge in [0.05, 0.1) is 23.3 Å². The third kappa shape index (κ3) is 3.61. The largest absolute Gasteiger partial charge is 0.507 e. The average Bonchev–Trinajstić information content (AvgIpc) is 2.85. The van der Waals surface area contributed by atoms with Crippen molar-refractivity contribution in [3.05, 3.63) is 57.6 Å². The molecule has 0 saturated carbocycles. The first-order valence-electron chi connectivity index (χ1n) is 11.8. The molecular formula is C26H26FNO9. The summed E-state index contributed by atoms with van der Waals surface area (Å²) in [5.74, 6) is -4.07. The molecule has 0 unspecified atom stereocenters. The molecule has 5 rings (SSSR count). The lowest BCUT2D eigenvalue weighted by Crippen LogP contribution is -2.56. The van der Waals surface area contributed by atoms with Gasteiger partial charge in [0, 0.05) is 41.1 Å². The number of ether oxygens (including phenoxy) is 2. The van der Waals surface area contributed by atoms with E-state index in [0.717, 1.165) is 6.92 Å². The van der Waals surface area contributed by atoms with Crippen LogP contribution in [0.15, 0.2) is 24.3 Å². The normalized spacial score (nSPS) is 32.9. The van der Waals surface area contributed by atoms with Crippen molar-refractivity contribution in [2.45, 2.75) is 69.1 Å². The van der Waals surface area contributed by atoms with Crippen LogP contribution in [0.1, 0.15) is 69.3 Å². The van der Waals surface area contributed by atoms with Gasteiger partial charge in [-0.15, -0.1) is 0 Å². The highest BCUT2D eigenvalue weighted by Gasteiger charge is 2.56. The molecule has 1 heterocycles. The Balaban J connectivity index is 1.70. The number of carbonyl (C=O) groups is 3. The minimum absolute atomic E-state index is 0.000552. The molecule has 3 aliphatic rings. The van der Waals surface area contributed by atoms with Gasteiger partial charge < -0.3 is 35.6 Å². The number of nitrogens with two attached hydrogens (primary N) is 1. The van der Waals surface area contributed by atoms with E-state index in [9.17, 15) is 34.8 Å². The zero-order valence-electron chi connectivity index (χ0n) is 20.0. The first-order valence-corrected chi connectivity index (χ1v) is 11.8. The van der Waals surface area contributed by atoms with Crippen LogP contribution in [-0.2, 0) is 20.7 Å². The van der Waals surface area contributed by atoms with Gasteiger partial charge in [0.15, 0.2) is 35.4 Å². The molecule has 0 radical (unpaired) electrons. The first kappa shape index (κ1) is 25.4. The fraction of sp³-hybridized carbons (Fsp3) is 0.423. The van der Waals surface area contributed by atoms with Crippen LogP contribution in [0.25, 0.3) is 0 Å². The standard InChI is InChI=1S/C26H26FNO9/c1-9-19(30)14(28)7-15(36-9)37-24-16-13(8-26(35,10(2)29)25(24)27)22(33)17-18(23(16)34)21(32)12-6-4-3-5-11(12)20(17)31/h3-6,9,14-15,19,24-25,30,33-35H,7-8,28H2,1-2H3/t9-,14-,15-,19+,24+,25-,26+/m0/s1. The minimum Gasteiger partial charge on any atom is -0.507 e. The molecule has 2 aliphatic carbocycles. The highest BCUT2D eigenvalue weighted by molar-refractivity contribution is 6.30. The van der Waals surface area contributed by atoms with Crippen LogP contribution in [0.4, 0.5) is 4.39 Å². The Morgan fingerprint density at radius 3 is 2.24 bits per heavy atom. The van der Waals surface area contributed by atoms with E-state index >= 15 is 4.39 Å². The second kappa shape index (κ2) is 8.67. The maximum atomic E-state index is 15.9. The van der Waals surface area contributed by atoms with Crippen molar-refractivity contribution in [2.75, 3.05) is 0 Å². The molecule has 2 aromatic carbocycles. The van der Waals surface area contributed by atoms with Gasteiger partial charge in [-0.1, -0.05) is 24.3 Å². The zero-order chi connectivity index (χ0) is 27.0. The van der Waals surface area contributed by atoms with Gasteiger partial charge >= 0.3 is 0 Å².